The van der Waals surface area contributed by atoms with Crippen molar-refractivity contribution in [1.29, 1.82) is 0 Å². The second kappa shape index (κ2) is 9.31. The monoisotopic (exact) mass is 507 g/mol. The summed E-state index contributed by atoms with van der Waals surface area (Å²) in [5.74, 6) is -0.920. The number of ketones is 1. The molecule has 0 fully saturated rings. The van der Waals surface area contributed by atoms with Crippen LogP contribution in [0.15, 0.2) is 29.8 Å². The van der Waals surface area contributed by atoms with Gasteiger partial charge in [-0.2, -0.15) is 0 Å². The molecule has 7 nitrogen and oxygen atoms in total. The topological polar surface area (TPSA) is 81.5 Å². The van der Waals surface area contributed by atoms with E-state index in [1.54, 1.807) is 37.5 Å². The van der Waals surface area contributed by atoms with Gasteiger partial charge in [-0.1, -0.05) is 0 Å². The molecule has 2 atom stereocenters. The molecule has 34 heavy (non-hydrogen) atoms. The molecule has 0 saturated carbocycles. The maximum atomic E-state index is 14.0. The fourth-order valence-corrected chi connectivity index (χ4v) is 5.42. The van der Waals surface area contributed by atoms with Crippen molar-refractivity contribution in [3.05, 3.63) is 51.9 Å². The summed E-state index contributed by atoms with van der Waals surface area (Å²) < 4.78 is 34.6. The fraction of sp³-hybridized carbons (Fsp3) is 0.458. The molecule has 0 bridgehead atoms. The number of thiazole rings is 1. The van der Waals surface area contributed by atoms with E-state index < -0.39 is 33.2 Å². The van der Waals surface area contributed by atoms with Crippen molar-refractivity contribution in [1.82, 2.24) is 13.9 Å². The zero-order valence-electron chi connectivity index (χ0n) is 20.6. The smallest absolute Gasteiger partial charge is 0.419 e. The Morgan fingerprint density at radius 1 is 1.21 bits per heavy atom. The minimum atomic E-state index is -1.26. The van der Waals surface area contributed by atoms with E-state index in [0.717, 1.165) is 4.57 Å². The number of halogens is 1. The lowest BCUT2D eigenvalue weighted by atomic mass is 10.1. The molecule has 2 heterocycles. The Balaban J connectivity index is 1.98. The number of carbonyl (C=O) groups excluding carboxylic acids is 2. The first-order valence-electron chi connectivity index (χ1n) is 10.8. The summed E-state index contributed by atoms with van der Waals surface area (Å²) in [6.45, 7) is 12.7. The van der Waals surface area contributed by atoms with Crippen LogP contribution in [0.4, 0.5) is 9.18 Å². The third kappa shape index (κ3) is 5.45. The molecule has 0 spiro atoms. The Hall–Kier alpha value is -2.43. The Morgan fingerprint density at radius 3 is 2.44 bits per heavy atom. The quantitative estimate of drug-likeness (QED) is 0.414. The molecule has 10 heteroatoms. The highest BCUT2D eigenvalue weighted by Crippen LogP contribution is 2.30. The highest BCUT2D eigenvalue weighted by Gasteiger charge is 2.30. The number of ether oxygens (including phenoxy) is 1. The number of carbonyl (C=O) groups is 2. The lowest BCUT2D eigenvalue weighted by Crippen LogP contribution is -2.36. The summed E-state index contributed by atoms with van der Waals surface area (Å²) in [5.41, 5.74) is 0.324. The van der Waals surface area contributed by atoms with E-state index >= 15 is 0 Å². The second-order valence-electron chi connectivity index (χ2n) is 10.0. The van der Waals surface area contributed by atoms with Crippen molar-refractivity contribution in [2.24, 2.45) is 0 Å². The maximum Gasteiger partial charge on any atom is 0.419 e. The molecule has 0 aliphatic heterocycles. The van der Waals surface area contributed by atoms with Gasteiger partial charge < -0.3 is 4.74 Å². The van der Waals surface area contributed by atoms with Crippen molar-refractivity contribution in [2.75, 3.05) is 7.05 Å². The average molecular weight is 508 g/mol. The van der Waals surface area contributed by atoms with Gasteiger partial charge in [-0.25, -0.2) is 22.7 Å². The first-order valence-corrected chi connectivity index (χ1v) is 12.8. The van der Waals surface area contributed by atoms with Gasteiger partial charge in [-0.3, -0.25) is 9.36 Å². The van der Waals surface area contributed by atoms with Crippen LogP contribution in [0.5, 0.6) is 0 Å². The summed E-state index contributed by atoms with van der Waals surface area (Å²) in [7, 11) is 0.501. The largest absolute Gasteiger partial charge is 0.443 e. The Kier molecular flexibility index (Phi) is 7.17. The van der Waals surface area contributed by atoms with Gasteiger partial charge in [0.25, 0.3) is 0 Å². The summed E-state index contributed by atoms with van der Waals surface area (Å²) in [4.78, 5) is 30.6. The molecule has 0 saturated heterocycles. The summed E-state index contributed by atoms with van der Waals surface area (Å²) in [6, 6.07) is 3.62. The Labute approximate surface area is 205 Å². The molecule has 0 radical (unpaired) electrons. The Bertz CT molecular complexity index is 1270. The van der Waals surface area contributed by atoms with Gasteiger partial charge in [0.1, 0.15) is 22.4 Å². The minimum absolute atomic E-state index is 0.223. The highest BCUT2D eigenvalue weighted by molar-refractivity contribution is 7.84. The molecule has 0 amide bonds. The third-order valence-electron chi connectivity index (χ3n) is 5.08. The van der Waals surface area contributed by atoms with E-state index in [4.69, 9.17) is 4.74 Å². The normalized spacial score (nSPS) is 14.4. The predicted octanol–water partition coefficient (Wildman–Crippen LogP) is 5.71. The zero-order chi connectivity index (χ0) is 25.6. The van der Waals surface area contributed by atoms with Crippen LogP contribution in [0.1, 0.15) is 75.6 Å². The lowest BCUT2D eigenvalue weighted by Gasteiger charge is -2.29. The molecule has 0 unspecified atom stereocenters. The predicted molar refractivity (Wildman–Crippen MR) is 133 cm³/mol. The zero-order valence-corrected chi connectivity index (χ0v) is 22.3. The van der Waals surface area contributed by atoms with Gasteiger partial charge in [-0.15, -0.1) is 11.3 Å². The molecule has 0 N–H and O–H groups in total. The molecule has 1 aromatic carbocycles. The van der Waals surface area contributed by atoms with Crippen LogP contribution in [0.3, 0.4) is 0 Å². The van der Waals surface area contributed by atoms with Crippen molar-refractivity contribution in [3.8, 4) is 0 Å². The number of nitrogens with zero attached hydrogens (tertiary/aromatic N) is 3. The van der Waals surface area contributed by atoms with Gasteiger partial charge >= 0.3 is 6.09 Å². The molecule has 0 aliphatic rings. The van der Waals surface area contributed by atoms with Crippen molar-refractivity contribution in [3.63, 3.8) is 0 Å². The number of benzene rings is 1. The van der Waals surface area contributed by atoms with Crippen LogP contribution in [-0.2, 0) is 15.7 Å². The van der Waals surface area contributed by atoms with E-state index in [1.807, 2.05) is 27.7 Å². The number of aromatic nitrogens is 2. The highest BCUT2D eigenvalue weighted by atomic mass is 32.2. The van der Waals surface area contributed by atoms with Crippen LogP contribution < -0.4 is 0 Å². The first kappa shape index (κ1) is 26.2. The molecule has 0 aliphatic carbocycles. The Morgan fingerprint density at radius 2 is 1.85 bits per heavy atom. The fourth-order valence-electron chi connectivity index (χ4n) is 3.30. The van der Waals surface area contributed by atoms with Gasteiger partial charge in [0.05, 0.1) is 27.6 Å². The van der Waals surface area contributed by atoms with Crippen LogP contribution >= 0.6 is 11.3 Å². The third-order valence-corrected chi connectivity index (χ3v) is 7.82. The van der Waals surface area contributed by atoms with E-state index in [9.17, 15) is 18.2 Å². The molecular formula is C24H30FN3O4S2. The number of hydrogen-bond acceptors (Lipinski definition) is 6. The van der Waals surface area contributed by atoms with Gasteiger partial charge in [0.2, 0.25) is 5.78 Å². The molecular weight excluding hydrogens is 477 g/mol. The van der Waals surface area contributed by atoms with E-state index in [2.05, 4.69) is 4.98 Å². The van der Waals surface area contributed by atoms with E-state index in [1.165, 1.54) is 35.7 Å². The number of hydrogen-bond donors (Lipinski definition) is 0. The SMILES string of the molecule is C[C@@H](c1csc(C(=O)c2cn(C(=O)OC(C)(C)C)c3cc(F)ccc23)n1)N(C)[S@@](=O)C(C)(C)C. The minimum Gasteiger partial charge on any atom is -0.443 e. The summed E-state index contributed by atoms with van der Waals surface area (Å²) in [6.07, 6.45) is 0.660. The van der Waals surface area contributed by atoms with Crippen molar-refractivity contribution in [2.45, 2.75) is 64.9 Å². The van der Waals surface area contributed by atoms with Gasteiger partial charge in [-0.05, 0) is 66.7 Å². The molecule has 184 valence electrons. The van der Waals surface area contributed by atoms with Gasteiger partial charge in [0.15, 0.2) is 5.01 Å². The van der Waals surface area contributed by atoms with Gasteiger partial charge in [0, 0.05) is 24.0 Å². The van der Waals surface area contributed by atoms with Crippen molar-refractivity contribution >= 4 is 45.1 Å². The van der Waals surface area contributed by atoms with E-state index in [-0.39, 0.29) is 27.9 Å². The summed E-state index contributed by atoms with van der Waals surface area (Å²) >= 11 is 1.17. The number of fused-ring (bicyclic) bond motifs is 1. The first-order chi connectivity index (χ1) is 15.6. The van der Waals surface area contributed by atoms with Crippen LogP contribution in [-0.4, -0.2) is 47.3 Å². The standard InChI is InChI=1S/C24H30FN3O4S2/c1-14(27(8)34(31)24(5,6)7)18-13-33-21(26-18)20(29)17-12-28(22(30)32-23(2,3)4)19-11-15(25)9-10-16(17)19/h9-14H,1-8H3/t14-,34-/m0/s1. The van der Waals surface area contributed by atoms with Crippen molar-refractivity contribution < 1.29 is 22.9 Å². The summed E-state index contributed by atoms with van der Waals surface area (Å²) in [5, 5.41) is 2.42. The maximum absolute atomic E-state index is 14.0. The molecule has 2 aromatic heterocycles. The number of rotatable bonds is 5. The molecule has 3 rings (SSSR count). The second-order valence-corrected chi connectivity index (χ2v) is 13.2. The lowest BCUT2D eigenvalue weighted by molar-refractivity contribution is 0.0544. The van der Waals surface area contributed by atoms with Crippen LogP contribution in [0, 0.1) is 5.82 Å². The van der Waals surface area contributed by atoms with Crippen LogP contribution in [0.2, 0.25) is 0 Å². The molecule has 3 aromatic rings. The van der Waals surface area contributed by atoms with E-state index in [0.29, 0.717) is 11.1 Å². The average Bonchev–Trinajstić information content (AvgIpc) is 3.34. The van der Waals surface area contributed by atoms with Crippen LogP contribution in [0.25, 0.3) is 10.9 Å².